The Bertz CT molecular complexity index is 925. The second kappa shape index (κ2) is 7.60. The van der Waals surface area contributed by atoms with E-state index in [-0.39, 0.29) is 0 Å². The van der Waals surface area contributed by atoms with E-state index in [1.807, 2.05) is 49.4 Å². The van der Waals surface area contributed by atoms with E-state index in [0.29, 0.717) is 23.2 Å². The van der Waals surface area contributed by atoms with Crippen molar-refractivity contribution in [3.8, 4) is 0 Å². The summed E-state index contributed by atoms with van der Waals surface area (Å²) in [5.74, 6) is -0.423. The molecule has 1 aliphatic rings. The molecule has 0 bridgehead atoms. The van der Waals surface area contributed by atoms with Gasteiger partial charge in [-0.05, 0) is 45.7 Å². The van der Waals surface area contributed by atoms with Crippen LogP contribution in [0.25, 0.3) is 5.57 Å². The maximum atomic E-state index is 13.1. The number of fused-ring (bicyclic) bond motifs is 1. The molecule has 1 N–H and O–H groups in total. The van der Waals surface area contributed by atoms with Gasteiger partial charge in [0.1, 0.15) is 5.60 Å². The van der Waals surface area contributed by atoms with E-state index in [0.717, 1.165) is 16.0 Å². The van der Waals surface area contributed by atoms with Crippen LogP contribution in [0.5, 0.6) is 0 Å². The molecular formula is C23H25NO4. The van der Waals surface area contributed by atoms with Crippen molar-refractivity contribution in [2.45, 2.75) is 45.8 Å². The van der Waals surface area contributed by atoms with Crippen LogP contribution in [-0.4, -0.2) is 22.7 Å². The molecule has 0 saturated heterocycles. The quantitative estimate of drug-likeness (QED) is 0.773. The Morgan fingerprint density at radius 1 is 1.07 bits per heavy atom. The number of rotatable bonds is 3. The van der Waals surface area contributed by atoms with Crippen molar-refractivity contribution in [3.05, 3.63) is 71.3 Å². The molecule has 0 saturated carbocycles. The van der Waals surface area contributed by atoms with Crippen LogP contribution in [0, 0.1) is 0 Å². The molecule has 5 heteroatoms. The summed E-state index contributed by atoms with van der Waals surface area (Å²) in [4.78, 5) is 26.9. The highest BCUT2D eigenvalue weighted by atomic mass is 16.6. The molecule has 3 rings (SSSR count). The smallest absolute Gasteiger partial charge is 0.422 e. The summed E-state index contributed by atoms with van der Waals surface area (Å²) in [7, 11) is 0. The monoisotopic (exact) mass is 379 g/mol. The molecule has 0 aromatic heterocycles. The predicted octanol–water partition coefficient (Wildman–Crippen LogP) is 4.87. The first-order valence-corrected chi connectivity index (χ1v) is 9.28. The zero-order valence-electron chi connectivity index (χ0n) is 16.6. The van der Waals surface area contributed by atoms with Crippen molar-refractivity contribution in [3.63, 3.8) is 0 Å². The Morgan fingerprint density at radius 3 is 2.32 bits per heavy atom. The van der Waals surface area contributed by atoms with Crippen LogP contribution < -0.4 is 4.90 Å². The van der Waals surface area contributed by atoms with Gasteiger partial charge >= 0.3 is 6.09 Å². The molecule has 2 amide bonds. The van der Waals surface area contributed by atoms with Crippen LogP contribution >= 0.6 is 0 Å². The molecule has 0 aliphatic carbocycles. The second-order valence-electron chi connectivity index (χ2n) is 7.92. The third-order valence-corrected chi connectivity index (χ3v) is 4.52. The Balaban J connectivity index is 1.96. The lowest BCUT2D eigenvalue weighted by Gasteiger charge is -2.23. The molecule has 0 fully saturated rings. The maximum absolute atomic E-state index is 13.1. The van der Waals surface area contributed by atoms with Gasteiger partial charge in [-0.25, -0.2) is 9.69 Å². The first-order chi connectivity index (χ1) is 13.2. The van der Waals surface area contributed by atoms with E-state index in [2.05, 4.69) is 0 Å². The molecule has 1 aliphatic heterocycles. The van der Waals surface area contributed by atoms with E-state index >= 15 is 0 Å². The van der Waals surface area contributed by atoms with E-state index in [9.17, 15) is 14.7 Å². The number of anilines is 1. The lowest BCUT2D eigenvalue weighted by Crippen LogP contribution is -2.38. The highest BCUT2D eigenvalue weighted by Gasteiger charge is 2.39. The average Bonchev–Trinajstić information content (AvgIpc) is 2.92. The number of benzene rings is 2. The van der Waals surface area contributed by atoms with Gasteiger partial charge in [-0.15, -0.1) is 0 Å². The van der Waals surface area contributed by atoms with Crippen molar-refractivity contribution in [1.82, 2.24) is 0 Å². The normalized spacial score (nSPS) is 16.6. The second-order valence-corrected chi connectivity index (χ2v) is 7.92. The van der Waals surface area contributed by atoms with Crippen molar-refractivity contribution in [2.75, 3.05) is 4.90 Å². The first-order valence-electron chi connectivity index (χ1n) is 9.28. The molecule has 5 nitrogen and oxygen atoms in total. The van der Waals surface area contributed by atoms with E-state index in [1.165, 1.54) is 0 Å². The Hall–Kier alpha value is -2.92. The van der Waals surface area contributed by atoms with Crippen LogP contribution in [0.3, 0.4) is 0 Å². The van der Waals surface area contributed by atoms with Gasteiger partial charge in [-0.2, -0.15) is 0 Å². The zero-order chi connectivity index (χ0) is 20.5. The van der Waals surface area contributed by atoms with Gasteiger partial charge in [0, 0.05) is 11.1 Å². The van der Waals surface area contributed by atoms with E-state index < -0.39 is 23.7 Å². The fourth-order valence-electron chi connectivity index (χ4n) is 3.30. The molecule has 2 aromatic carbocycles. The standard InChI is InChI=1S/C23H25NO4/c1-15(14-19(25)16-10-6-5-7-11-16)20-17-12-8-9-13-18(17)24(21(20)26)22(27)28-23(2,3)4/h5-13,19,25H,14H2,1-4H3/b20-15-. The van der Waals surface area contributed by atoms with Gasteiger partial charge in [0.2, 0.25) is 0 Å². The number of ether oxygens (including phenoxy) is 1. The summed E-state index contributed by atoms with van der Waals surface area (Å²) < 4.78 is 5.42. The maximum Gasteiger partial charge on any atom is 0.422 e. The van der Waals surface area contributed by atoms with Gasteiger partial charge in [0.15, 0.2) is 0 Å². The van der Waals surface area contributed by atoms with Crippen molar-refractivity contribution in [1.29, 1.82) is 0 Å². The highest BCUT2D eigenvalue weighted by molar-refractivity contribution is 6.39. The van der Waals surface area contributed by atoms with Crippen LogP contribution in [0.2, 0.25) is 0 Å². The number of nitrogens with zero attached hydrogens (tertiary/aromatic N) is 1. The van der Waals surface area contributed by atoms with Crippen LogP contribution in [0.1, 0.15) is 51.3 Å². The van der Waals surface area contributed by atoms with E-state index in [4.69, 9.17) is 4.74 Å². The highest BCUT2D eigenvalue weighted by Crippen LogP contribution is 2.40. The molecule has 1 heterocycles. The third kappa shape index (κ3) is 3.99. The van der Waals surface area contributed by atoms with Crippen LogP contribution in [0.15, 0.2) is 60.2 Å². The minimum atomic E-state index is -0.732. The summed E-state index contributed by atoms with van der Waals surface area (Å²) in [6.07, 6.45) is -1.14. The number of hydrogen-bond donors (Lipinski definition) is 1. The predicted molar refractivity (Wildman–Crippen MR) is 109 cm³/mol. The number of para-hydroxylation sites is 1. The number of imide groups is 1. The Kier molecular flexibility index (Phi) is 5.38. The summed E-state index contributed by atoms with van der Waals surface area (Å²) >= 11 is 0. The summed E-state index contributed by atoms with van der Waals surface area (Å²) in [5, 5.41) is 10.6. The lowest BCUT2D eigenvalue weighted by molar-refractivity contribution is -0.112. The molecular weight excluding hydrogens is 354 g/mol. The summed E-state index contributed by atoms with van der Waals surface area (Å²) in [6.45, 7) is 7.09. The minimum Gasteiger partial charge on any atom is -0.443 e. The first kappa shape index (κ1) is 19.8. The number of hydrogen-bond acceptors (Lipinski definition) is 4. The van der Waals surface area contributed by atoms with Crippen LogP contribution in [-0.2, 0) is 9.53 Å². The zero-order valence-corrected chi connectivity index (χ0v) is 16.6. The summed E-state index contributed by atoms with van der Waals surface area (Å²) in [6, 6.07) is 16.4. The molecule has 0 radical (unpaired) electrons. The van der Waals surface area contributed by atoms with E-state index in [1.54, 1.807) is 32.9 Å². The van der Waals surface area contributed by atoms with Crippen LogP contribution in [0.4, 0.5) is 10.5 Å². The largest absolute Gasteiger partial charge is 0.443 e. The number of carbonyl (C=O) groups excluding carboxylic acids is 2. The summed E-state index contributed by atoms with van der Waals surface area (Å²) in [5.41, 5.74) is 2.42. The van der Waals surface area contributed by atoms with Crippen molar-refractivity contribution in [2.24, 2.45) is 0 Å². The average molecular weight is 379 g/mol. The van der Waals surface area contributed by atoms with Crippen molar-refractivity contribution < 1.29 is 19.4 Å². The molecule has 2 aromatic rings. The number of amides is 2. The Labute approximate surface area is 165 Å². The number of aliphatic hydroxyl groups is 1. The molecule has 28 heavy (non-hydrogen) atoms. The molecule has 0 spiro atoms. The molecule has 146 valence electrons. The van der Waals surface area contributed by atoms with Crippen molar-refractivity contribution >= 4 is 23.3 Å². The molecule has 1 unspecified atom stereocenters. The number of carbonyl (C=O) groups is 2. The Morgan fingerprint density at radius 2 is 1.68 bits per heavy atom. The fourth-order valence-corrected chi connectivity index (χ4v) is 3.30. The van der Waals surface area contributed by atoms with Gasteiger partial charge in [-0.1, -0.05) is 54.1 Å². The third-order valence-electron chi connectivity index (χ3n) is 4.52. The number of aliphatic hydroxyl groups excluding tert-OH is 1. The minimum absolute atomic E-state index is 0.293. The molecule has 1 atom stereocenters. The van der Waals surface area contributed by atoms with Gasteiger partial charge in [0.05, 0.1) is 11.8 Å². The van der Waals surface area contributed by atoms with Gasteiger partial charge in [0.25, 0.3) is 5.91 Å². The van der Waals surface area contributed by atoms with Gasteiger partial charge < -0.3 is 9.84 Å². The topological polar surface area (TPSA) is 66.8 Å². The SMILES string of the molecule is C/C(CC(O)c1ccccc1)=C1/C(=O)N(C(=O)OC(C)(C)C)c2ccccc21. The van der Waals surface area contributed by atoms with Gasteiger partial charge in [-0.3, -0.25) is 4.79 Å². The lowest BCUT2D eigenvalue weighted by atomic mass is 9.95. The fraction of sp³-hybridized carbons (Fsp3) is 0.304.